The van der Waals surface area contributed by atoms with E-state index in [-0.39, 0.29) is 21.0 Å². The summed E-state index contributed by atoms with van der Waals surface area (Å²) in [6.07, 6.45) is 3.92. The van der Waals surface area contributed by atoms with Crippen LogP contribution in [0.2, 0.25) is 0 Å². The molecule has 2 aliphatic heterocycles. The molecule has 176 valence electrons. The van der Waals surface area contributed by atoms with Crippen LogP contribution in [0, 0.1) is 0 Å². The van der Waals surface area contributed by atoms with Gasteiger partial charge in [-0.3, -0.25) is 14.5 Å². The Morgan fingerprint density at radius 3 is 2.39 bits per heavy atom. The Morgan fingerprint density at radius 1 is 0.909 bits per heavy atom. The van der Waals surface area contributed by atoms with Crippen molar-refractivity contribution in [1.29, 1.82) is 0 Å². The highest BCUT2D eigenvalue weighted by Gasteiger charge is 2.30. The van der Waals surface area contributed by atoms with Crippen molar-refractivity contribution in [3.63, 3.8) is 0 Å². The molecule has 11 heteroatoms. The van der Waals surface area contributed by atoms with Crippen LogP contribution in [0.4, 0.5) is 5.69 Å². The van der Waals surface area contributed by atoms with Crippen molar-refractivity contribution >= 4 is 37.5 Å². The number of carbonyl (C=O) groups is 1. The van der Waals surface area contributed by atoms with Crippen molar-refractivity contribution in [2.45, 2.75) is 41.9 Å². The maximum Gasteiger partial charge on any atom is 0.262 e. The van der Waals surface area contributed by atoms with Gasteiger partial charge in [-0.2, -0.15) is 4.31 Å². The fraction of sp³-hybridized carbons (Fsp3) is 0.364. The Morgan fingerprint density at radius 2 is 1.67 bits per heavy atom. The highest BCUT2D eigenvalue weighted by molar-refractivity contribution is 7.90. The zero-order valence-electron chi connectivity index (χ0n) is 18.0. The van der Waals surface area contributed by atoms with Gasteiger partial charge in [-0.15, -0.1) is 0 Å². The van der Waals surface area contributed by atoms with E-state index in [0.717, 1.165) is 25.7 Å². The van der Waals surface area contributed by atoms with Gasteiger partial charge in [0, 0.05) is 31.7 Å². The molecule has 2 aromatic rings. The summed E-state index contributed by atoms with van der Waals surface area (Å²) in [7, 11) is -7.67. The molecule has 1 fully saturated rings. The number of nitrogens with zero attached hydrogens (tertiary/aromatic N) is 2. The number of carbonyl (C=O) groups excluding carboxylic acids is 1. The molecule has 0 radical (unpaired) electrons. The van der Waals surface area contributed by atoms with Gasteiger partial charge in [-0.05, 0) is 49.6 Å². The molecule has 2 aliphatic rings. The first kappa shape index (κ1) is 23.4. The number of benzene rings is 2. The molecule has 1 amide bonds. The summed E-state index contributed by atoms with van der Waals surface area (Å²) in [5, 5.41) is 2.64. The fourth-order valence-electron chi connectivity index (χ4n) is 3.90. The van der Waals surface area contributed by atoms with Crippen molar-refractivity contribution in [2.24, 2.45) is 4.99 Å². The van der Waals surface area contributed by atoms with Crippen molar-refractivity contribution in [2.75, 3.05) is 25.0 Å². The van der Waals surface area contributed by atoms with Crippen LogP contribution in [0.3, 0.4) is 0 Å². The van der Waals surface area contributed by atoms with E-state index in [2.05, 4.69) is 15.0 Å². The number of amidine groups is 1. The summed E-state index contributed by atoms with van der Waals surface area (Å²) in [6, 6.07) is 11.9. The van der Waals surface area contributed by atoms with E-state index in [1.165, 1.54) is 34.6 Å². The van der Waals surface area contributed by atoms with Gasteiger partial charge >= 0.3 is 0 Å². The average molecular weight is 491 g/mol. The fourth-order valence-corrected chi connectivity index (χ4v) is 6.74. The standard InChI is InChI=1S/C22H26N4O5S2/c27-22(19-10-2-3-11-20(19)33(30,31)26-14-4-1-5-15-26)24-17-8-6-9-18(16-17)32(28,29)25-21-12-7-13-23-21/h2-3,6,8-11,16H,1,4-5,7,12-15H2,(H,23,25)(H,24,27). The lowest BCUT2D eigenvalue weighted by Crippen LogP contribution is -2.36. The lowest BCUT2D eigenvalue weighted by molar-refractivity contribution is 0.102. The van der Waals surface area contributed by atoms with Gasteiger partial charge in [0.2, 0.25) is 10.0 Å². The Kier molecular flexibility index (Phi) is 6.82. The molecule has 33 heavy (non-hydrogen) atoms. The maximum atomic E-state index is 13.2. The van der Waals surface area contributed by atoms with Crippen LogP contribution in [0.1, 0.15) is 42.5 Å². The number of piperidine rings is 1. The number of anilines is 1. The number of sulfonamides is 2. The summed E-state index contributed by atoms with van der Waals surface area (Å²) in [6.45, 7) is 1.45. The van der Waals surface area contributed by atoms with Gasteiger partial charge in [0.1, 0.15) is 5.84 Å². The second kappa shape index (κ2) is 9.62. The molecule has 0 saturated carbocycles. The quantitative estimate of drug-likeness (QED) is 0.644. The first-order chi connectivity index (χ1) is 15.8. The zero-order chi connectivity index (χ0) is 23.5. The molecule has 0 unspecified atom stereocenters. The van der Waals surface area contributed by atoms with Gasteiger partial charge in [-0.1, -0.05) is 24.6 Å². The third-order valence-corrected chi connectivity index (χ3v) is 8.93. The SMILES string of the molecule is O=C(Nc1cccc(S(=O)(=O)NC2=NCCC2)c1)c1ccccc1S(=O)(=O)N1CCCCC1. The molecule has 0 aliphatic carbocycles. The van der Waals surface area contributed by atoms with Gasteiger partial charge < -0.3 is 5.32 Å². The number of aliphatic imine (C=N–C) groups is 1. The normalized spacial score (nSPS) is 17.4. The molecule has 4 rings (SSSR count). The van der Waals surface area contributed by atoms with Crippen LogP contribution >= 0.6 is 0 Å². The summed E-state index contributed by atoms with van der Waals surface area (Å²) < 4.78 is 55.5. The van der Waals surface area contributed by atoms with Gasteiger partial charge in [-0.25, -0.2) is 16.8 Å². The maximum absolute atomic E-state index is 13.2. The lowest BCUT2D eigenvalue weighted by atomic mass is 10.2. The van der Waals surface area contributed by atoms with Crippen LogP contribution in [0.5, 0.6) is 0 Å². The minimum Gasteiger partial charge on any atom is -0.322 e. The van der Waals surface area contributed by atoms with E-state index in [0.29, 0.717) is 31.9 Å². The van der Waals surface area contributed by atoms with Crippen molar-refractivity contribution in [3.05, 3.63) is 54.1 Å². The van der Waals surface area contributed by atoms with Crippen molar-refractivity contribution in [3.8, 4) is 0 Å². The Labute approximate surface area is 194 Å². The first-order valence-corrected chi connectivity index (χ1v) is 13.8. The minimum atomic E-state index is -3.85. The smallest absolute Gasteiger partial charge is 0.262 e. The van der Waals surface area contributed by atoms with E-state index in [1.807, 2.05) is 0 Å². The Hall–Kier alpha value is -2.76. The minimum absolute atomic E-state index is 0.00905. The highest BCUT2D eigenvalue weighted by Crippen LogP contribution is 2.25. The van der Waals surface area contributed by atoms with Gasteiger partial charge in [0.25, 0.3) is 15.9 Å². The van der Waals surface area contributed by atoms with Crippen LogP contribution in [-0.2, 0) is 20.0 Å². The van der Waals surface area contributed by atoms with Crippen LogP contribution in [0.25, 0.3) is 0 Å². The van der Waals surface area contributed by atoms with Gasteiger partial charge in [0.15, 0.2) is 0 Å². The lowest BCUT2D eigenvalue weighted by Gasteiger charge is -2.26. The molecule has 0 spiro atoms. The third-order valence-electron chi connectivity index (χ3n) is 5.59. The zero-order valence-corrected chi connectivity index (χ0v) is 19.7. The molecule has 0 bridgehead atoms. The van der Waals surface area contributed by atoms with Crippen molar-refractivity contribution < 1.29 is 21.6 Å². The molecule has 2 N–H and O–H groups in total. The Balaban J connectivity index is 1.57. The molecule has 2 heterocycles. The summed E-state index contributed by atoms with van der Waals surface area (Å²) >= 11 is 0. The largest absolute Gasteiger partial charge is 0.322 e. The van der Waals surface area contributed by atoms with Crippen LogP contribution in [-0.4, -0.2) is 52.5 Å². The molecular formula is C22H26N4O5S2. The average Bonchev–Trinajstić information content (AvgIpc) is 3.32. The molecule has 0 atom stereocenters. The van der Waals surface area contributed by atoms with E-state index >= 15 is 0 Å². The molecule has 0 aromatic heterocycles. The summed E-state index contributed by atoms with van der Waals surface area (Å²) in [5.41, 5.74) is 0.246. The predicted octanol–water partition coefficient (Wildman–Crippen LogP) is 2.58. The van der Waals surface area contributed by atoms with E-state index in [4.69, 9.17) is 0 Å². The summed E-state index contributed by atoms with van der Waals surface area (Å²) in [5.74, 6) is -0.213. The monoisotopic (exact) mass is 490 g/mol. The van der Waals surface area contributed by atoms with E-state index < -0.39 is 26.0 Å². The van der Waals surface area contributed by atoms with Crippen molar-refractivity contribution in [1.82, 2.24) is 9.03 Å². The van der Waals surface area contributed by atoms with E-state index in [1.54, 1.807) is 18.2 Å². The number of hydrogen-bond donors (Lipinski definition) is 2. The van der Waals surface area contributed by atoms with Gasteiger partial charge in [0.05, 0.1) is 15.4 Å². The third kappa shape index (κ3) is 5.26. The van der Waals surface area contributed by atoms with Crippen LogP contribution < -0.4 is 10.0 Å². The second-order valence-electron chi connectivity index (χ2n) is 7.98. The van der Waals surface area contributed by atoms with Crippen LogP contribution in [0.15, 0.2) is 63.3 Å². The Bertz CT molecular complexity index is 1280. The first-order valence-electron chi connectivity index (χ1n) is 10.8. The summed E-state index contributed by atoms with van der Waals surface area (Å²) in [4.78, 5) is 17.1. The predicted molar refractivity (Wildman–Crippen MR) is 125 cm³/mol. The number of rotatable bonds is 6. The molecule has 2 aromatic carbocycles. The second-order valence-corrected chi connectivity index (χ2v) is 11.6. The highest BCUT2D eigenvalue weighted by atomic mass is 32.2. The number of amides is 1. The topological polar surface area (TPSA) is 125 Å². The number of hydrogen-bond acceptors (Lipinski definition) is 6. The van der Waals surface area contributed by atoms with E-state index in [9.17, 15) is 21.6 Å². The molecular weight excluding hydrogens is 464 g/mol. The molecule has 1 saturated heterocycles. The number of nitrogens with one attached hydrogen (secondary N) is 2. The molecule has 9 nitrogen and oxygen atoms in total.